The lowest BCUT2D eigenvalue weighted by Crippen LogP contribution is -2.45. The van der Waals surface area contributed by atoms with Gasteiger partial charge in [-0.3, -0.25) is 9.89 Å². The third-order valence-corrected chi connectivity index (χ3v) is 5.48. The van der Waals surface area contributed by atoms with Gasteiger partial charge in [0, 0.05) is 30.8 Å². The largest absolute Gasteiger partial charge is 0.497 e. The Morgan fingerprint density at radius 1 is 1.14 bits per heavy atom. The number of aryl methyl sites for hydroxylation is 1. The van der Waals surface area contributed by atoms with Crippen LogP contribution in [-0.4, -0.2) is 42.3 Å². The summed E-state index contributed by atoms with van der Waals surface area (Å²) in [5, 5.41) is 10.8. The number of carbonyl (C=O) groups excluding carboxylic acids is 1. The number of rotatable bonds is 5. The fraction of sp³-hybridized carbons (Fsp3) is 0.304. The lowest BCUT2D eigenvalue weighted by atomic mass is 10.0. The molecule has 0 atom stereocenters. The molecule has 2 N–H and O–H groups in total. The van der Waals surface area contributed by atoms with Crippen LogP contribution in [0.3, 0.4) is 0 Å². The summed E-state index contributed by atoms with van der Waals surface area (Å²) in [6.07, 6.45) is 1.79. The number of hydrogen-bond acceptors (Lipinski definition) is 4. The fourth-order valence-electron chi connectivity index (χ4n) is 3.77. The molecule has 3 aromatic rings. The number of anilines is 1. The summed E-state index contributed by atoms with van der Waals surface area (Å²) in [7, 11) is 1.63. The Morgan fingerprint density at radius 3 is 2.59 bits per heavy atom. The van der Waals surface area contributed by atoms with Gasteiger partial charge in [0.25, 0.3) is 5.91 Å². The third-order valence-electron chi connectivity index (χ3n) is 5.48. The van der Waals surface area contributed by atoms with E-state index in [1.807, 2.05) is 43.3 Å². The van der Waals surface area contributed by atoms with Crippen LogP contribution < -0.4 is 15.0 Å². The molecule has 2 aromatic carbocycles. The Labute approximate surface area is 170 Å². The molecule has 1 aliphatic heterocycles. The SMILES string of the molecule is COc1ccc(C(=O)NC2CCN(c3cc(-c4ccccc4)[nH]n3)CC2)c(C)c1. The molecule has 1 aliphatic rings. The predicted octanol–water partition coefficient (Wildman–Crippen LogP) is 3.79. The second kappa shape index (κ2) is 8.39. The zero-order valence-corrected chi connectivity index (χ0v) is 16.8. The first-order valence-electron chi connectivity index (χ1n) is 9.95. The average Bonchev–Trinajstić information content (AvgIpc) is 3.25. The molecule has 1 saturated heterocycles. The van der Waals surface area contributed by atoms with E-state index < -0.39 is 0 Å². The molecule has 2 heterocycles. The molecular formula is C23H26N4O2. The molecule has 0 spiro atoms. The van der Waals surface area contributed by atoms with Crippen LogP contribution in [0.4, 0.5) is 5.82 Å². The molecule has 0 aliphatic carbocycles. The molecule has 6 nitrogen and oxygen atoms in total. The highest BCUT2D eigenvalue weighted by molar-refractivity contribution is 5.96. The van der Waals surface area contributed by atoms with Gasteiger partial charge in [-0.15, -0.1) is 0 Å². The number of hydrogen-bond donors (Lipinski definition) is 2. The van der Waals surface area contributed by atoms with Crippen LogP contribution >= 0.6 is 0 Å². The molecule has 6 heteroatoms. The molecule has 29 heavy (non-hydrogen) atoms. The van der Waals surface area contributed by atoms with Crippen molar-refractivity contribution in [2.75, 3.05) is 25.1 Å². The second-order valence-electron chi connectivity index (χ2n) is 7.42. The van der Waals surface area contributed by atoms with Gasteiger partial charge in [0.1, 0.15) is 5.75 Å². The number of aromatic amines is 1. The molecule has 1 fully saturated rings. The number of H-pyrrole nitrogens is 1. The van der Waals surface area contributed by atoms with Crippen molar-refractivity contribution in [1.29, 1.82) is 0 Å². The summed E-state index contributed by atoms with van der Waals surface area (Å²) in [5.41, 5.74) is 3.77. The Bertz CT molecular complexity index is 976. The van der Waals surface area contributed by atoms with E-state index in [-0.39, 0.29) is 11.9 Å². The van der Waals surface area contributed by atoms with E-state index in [1.165, 1.54) is 0 Å². The zero-order valence-electron chi connectivity index (χ0n) is 16.8. The van der Waals surface area contributed by atoms with E-state index in [0.717, 1.165) is 54.3 Å². The molecular weight excluding hydrogens is 364 g/mol. The van der Waals surface area contributed by atoms with Gasteiger partial charge in [0.15, 0.2) is 5.82 Å². The van der Waals surface area contributed by atoms with Gasteiger partial charge in [-0.1, -0.05) is 30.3 Å². The Balaban J connectivity index is 1.34. The highest BCUT2D eigenvalue weighted by Gasteiger charge is 2.23. The maximum absolute atomic E-state index is 12.7. The van der Waals surface area contributed by atoms with Gasteiger partial charge in [-0.2, -0.15) is 5.10 Å². The van der Waals surface area contributed by atoms with Gasteiger partial charge in [0.05, 0.1) is 12.8 Å². The smallest absolute Gasteiger partial charge is 0.251 e. The number of carbonyl (C=O) groups is 1. The van der Waals surface area contributed by atoms with Gasteiger partial charge < -0.3 is 15.0 Å². The zero-order chi connectivity index (χ0) is 20.2. The highest BCUT2D eigenvalue weighted by atomic mass is 16.5. The number of piperidine rings is 1. The number of methoxy groups -OCH3 is 1. The summed E-state index contributed by atoms with van der Waals surface area (Å²) in [4.78, 5) is 14.9. The van der Waals surface area contributed by atoms with E-state index in [9.17, 15) is 4.79 Å². The lowest BCUT2D eigenvalue weighted by molar-refractivity contribution is 0.0930. The van der Waals surface area contributed by atoms with Crippen molar-refractivity contribution >= 4 is 11.7 Å². The minimum Gasteiger partial charge on any atom is -0.497 e. The van der Waals surface area contributed by atoms with Crippen LogP contribution in [0.2, 0.25) is 0 Å². The molecule has 1 aromatic heterocycles. The van der Waals surface area contributed by atoms with Crippen LogP contribution in [0, 0.1) is 6.92 Å². The van der Waals surface area contributed by atoms with Crippen molar-refractivity contribution in [1.82, 2.24) is 15.5 Å². The number of aromatic nitrogens is 2. The Kier molecular flexibility index (Phi) is 5.51. The molecule has 4 rings (SSSR count). The van der Waals surface area contributed by atoms with E-state index in [2.05, 4.69) is 38.6 Å². The minimum atomic E-state index is -0.0188. The van der Waals surface area contributed by atoms with Crippen LogP contribution in [0.15, 0.2) is 54.6 Å². The first kappa shape index (κ1) is 19.1. The van der Waals surface area contributed by atoms with Gasteiger partial charge in [-0.25, -0.2) is 0 Å². The van der Waals surface area contributed by atoms with E-state index in [4.69, 9.17) is 4.74 Å². The first-order valence-corrected chi connectivity index (χ1v) is 9.95. The van der Waals surface area contributed by atoms with Crippen molar-refractivity contribution in [3.63, 3.8) is 0 Å². The topological polar surface area (TPSA) is 70.2 Å². The molecule has 150 valence electrons. The van der Waals surface area contributed by atoms with Crippen LogP contribution in [-0.2, 0) is 0 Å². The second-order valence-corrected chi connectivity index (χ2v) is 7.42. The van der Waals surface area contributed by atoms with Crippen molar-refractivity contribution in [3.8, 4) is 17.0 Å². The quantitative estimate of drug-likeness (QED) is 0.695. The third kappa shape index (κ3) is 4.26. The maximum Gasteiger partial charge on any atom is 0.251 e. The molecule has 1 amide bonds. The number of nitrogens with zero attached hydrogens (tertiary/aromatic N) is 2. The fourth-order valence-corrected chi connectivity index (χ4v) is 3.77. The summed E-state index contributed by atoms with van der Waals surface area (Å²) < 4.78 is 5.22. The summed E-state index contributed by atoms with van der Waals surface area (Å²) >= 11 is 0. The van der Waals surface area contributed by atoms with Crippen LogP contribution in [0.1, 0.15) is 28.8 Å². The monoisotopic (exact) mass is 390 g/mol. The van der Waals surface area contributed by atoms with Gasteiger partial charge in [-0.05, 0) is 49.1 Å². The Morgan fingerprint density at radius 2 is 1.90 bits per heavy atom. The van der Waals surface area contributed by atoms with Crippen LogP contribution in [0.5, 0.6) is 5.75 Å². The minimum absolute atomic E-state index is 0.0188. The number of benzene rings is 2. The predicted molar refractivity (Wildman–Crippen MR) is 114 cm³/mol. The van der Waals surface area contributed by atoms with Crippen molar-refractivity contribution in [3.05, 3.63) is 65.7 Å². The molecule has 0 saturated carbocycles. The molecule has 0 radical (unpaired) electrons. The van der Waals surface area contributed by atoms with Crippen molar-refractivity contribution in [2.45, 2.75) is 25.8 Å². The standard InChI is InChI=1S/C23H26N4O2/c1-16-14-19(29-2)8-9-20(16)23(28)24-18-10-12-27(13-11-18)22-15-21(25-26-22)17-6-4-3-5-7-17/h3-9,14-15,18H,10-13H2,1-2H3,(H,24,28)(H,25,26). The summed E-state index contributed by atoms with van der Waals surface area (Å²) in [5.74, 6) is 1.70. The van der Waals surface area contributed by atoms with Gasteiger partial charge in [0.2, 0.25) is 0 Å². The number of nitrogens with one attached hydrogen (secondary N) is 2. The van der Waals surface area contributed by atoms with Gasteiger partial charge >= 0.3 is 0 Å². The maximum atomic E-state index is 12.7. The van der Waals surface area contributed by atoms with Crippen molar-refractivity contribution < 1.29 is 9.53 Å². The first-order chi connectivity index (χ1) is 14.1. The number of amides is 1. The van der Waals surface area contributed by atoms with E-state index in [1.54, 1.807) is 7.11 Å². The van der Waals surface area contributed by atoms with Crippen molar-refractivity contribution in [2.24, 2.45) is 0 Å². The normalized spacial score (nSPS) is 14.6. The molecule has 0 bridgehead atoms. The van der Waals surface area contributed by atoms with E-state index >= 15 is 0 Å². The number of ether oxygens (including phenoxy) is 1. The lowest BCUT2D eigenvalue weighted by Gasteiger charge is -2.32. The van der Waals surface area contributed by atoms with Crippen LogP contribution in [0.25, 0.3) is 11.3 Å². The van der Waals surface area contributed by atoms with E-state index in [0.29, 0.717) is 5.56 Å². The molecule has 0 unspecified atom stereocenters. The average molecular weight is 390 g/mol. The summed E-state index contributed by atoms with van der Waals surface area (Å²) in [6.45, 7) is 3.67. The summed E-state index contributed by atoms with van der Waals surface area (Å²) in [6, 6.07) is 18.0. The highest BCUT2D eigenvalue weighted by Crippen LogP contribution is 2.24. The Hall–Kier alpha value is -3.28.